The molecule has 1 aromatic heterocycles. The molecule has 0 unspecified atom stereocenters. The van der Waals surface area contributed by atoms with E-state index in [2.05, 4.69) is 15.7 Å². The molecule has 4 rings (SSSR count). The summed E-state index contributed by atoms with van der Waals surface area (Å²) in [6, 6.07) is 14.9. The number of ether oxygens (including phenoxy) is 1. The number of aryl methyl sites for hydroxylation is 1. The van der Waals surface area contributed by atoms with Crippen LogP contribution in [0.25, 0.3) is 0 Å². The second kappa shape index (κ2) is 9.26. The predicted molar refractivity (Wildman–Crippen MR) is 121 cm³/mol. The lowest BCUT2D eigenvalue weighted by molar-refractivity contribution is -0.122. The minimum atomic E-state index is -0.209. The number of fused-ring (bicyclic) bond motifs is 1. The number of hydrogen-bond donors (Lipinski definition) is 2. The zero-order valence-electron chi connectivity index (χ0n) is 17.5. The van der Waals surface area contributed by atoms with Gasteiger partial charge in [-0.1, -0.05) is 29.8 Å². The predicted octanol–water partition coefficient (Wildman–Crippen LogP) is 3.52. The number of nitrogens with one attached hydrogen (secondary N) is 2. The lowest BCUT2D eigenvalue weighted by Crippen LogP contribution is -2.28. The van der Waals surface area contributed by atoms with Crippen molar-refractivity contribution in [1.82, 2.24) is 15.1 Å². The van der Waals surface area contributed by atoms with E-state index in [0.717, 1.165) is 39.6 Å². The highest BCUT2D eigenvalue weighted by molar-refractivity contribution is 7.98. The van der Waals surface area contributed by atoms with E-state index in [1.54, 1.807) is 35.7 Å². The van der Waals surface area contributed by atoms with Gasteiger partial charge in [0.1, 0.15) is 18.1 Å². The summed E-state index contributed by atoms with van der Waals surface area (Å²) in [6.07, 6.45) is 0. The Morgan fingerprint density at radius 1 is 1.10 bits per heavy atom. The van der Waals surface area contributed by atoms with Crippen LogP contribution in [0.3, 0.4) is 0 Å². The number of nitrogens with zero attached hydrogens (tertiary/aromatic N) is 2. The standard InChI is InChI=1S/C23H24N4O3S/c1-15-3-7-17(8-4-15)23(29)25-22-19-13-31-14-20(19)26-27(22)12-21(28)24-11-16-5-9-18(30-2)10-6-16/h3-10H,11-14H2,1-2H3,(H,24,28)(H,25,29). The van der Waals surface area contributed by atoms with Crippen LogP contribution in [-0.2, 0) is 29.4 Å². The number of anilines is 1. The van der Waals surface area contributed by atoms with Crippen molar-refractivity contribution >= 4 is 29.4 Å². The highest BCUT2D eigenvalue weighted by atomic mass is 32.2. The molecule has 31 heavy (non-hydrogen) atoms. The van der Waals surface area contributed by atoms with Crippen molar-refractivity contribution in [3.63, 3.8) is 0 Å². The largest absolute Gasteiger partial charge is 0.497 e. The van der Waals surface area contributed by atoms with Crippen LogP contribution in [0.2, 0.25) is 0 Å². The summed E-state index contributed by atoms with van der Waals surface area (Å²) in [5.74, 6) is 2.54. The number of hydrogen-bond acceptors (Lipinski definition) is 5. The number of thioether (sulfide) groups is 1. The topological polar surface area (TPSA) is 85.2 Å². The van der Waals surface area contributed by atoms with Crippen LogP contribution in [0.1, 0.15) is 32.7 Å². The van der Waals surface area contributed by atoms with E-state index in [1.807, 2.05) is 43.3 Å². The number of benzene rings is 2. The fourth-order valence-electron chi connectivity index (χ4n) is 3.34. The first-order chi connectivity index (χ1) is 15.0. The van der Waals surface area contributed by atoms with Crippen molar-refractivity contribution in [1.29, 1.82) is 0 Å². The average molecular weight is 437 g/mol. The molecule has 7 nitrogen and oxygen atoms in total. The maximum Gasteiger partial charge on any atom is 0.256 e. The number of aromatic nitrogens is 2. The molecule has 0 fully saturated rings. The molecule has 0 saturated heterocycles. The maximum atomic E-state index is 12.8. The van der Waals surface area contributed by atoms with Gasteiger partial charge in [0.2, 0.25) is 5.91 Å². The monoisotopic (exact) mass is 436 g/mol. The molecule has 1 aliphatic heterocycles. The number of carbonyl (C=O) groups excluding carboxylic acids is 2. The lowest BCUT2D eigenvalue weighted by Gasteiger charge is -2.12. The quantitative estimate of drug-likeness (QED) is 0.592. The summed E-state index contributed by atoms with van der Waals surface area (Å²) >= 11 is 1.75. The van der Waals surface area contributed by atoms with Gasteiger partial charge in [0, 0.05) is 29.2 Å². The van der Waals surface area contributed by atoms with Crippen LogP contribution in [0.15, 0.2) is 48.5 Å². The SMILES string of the molecule is COc1ccc(CNC(=O)Cn2nc3c(c2NC(=O)c2ccc(C)cc2)CSC3)cc1. The Kier molecular flexibility index (Phi) is 6.27. The van der Waals surface area contributed by atoms with Crippen LogP contribution in [0, 0.1) is 6.92 Å². The molecule has 3 aromatic rings. The van der Waals surface area contributed by atoms with E-state index in [9.17, 15) is 9.59 Å². The van der Waals surface area contributed by atoms with Gasteiger partial charge in [-0.3, -0.25) is 9.59 Å². The third-order valence-corrected chi connectivity index (χ3v) is 6.08. The van der Waals surface area contributed by atoms with Crippen LogP contribution < -0.4 is 15.4 Å². The van der Waals surface area contributed by atoms with Gasteiger partial charge in [-0.25, -0.2) is 4.68 Å². The molecule has 2 amide bonds. The fourth-order valence-corrected chi connectivity index (χ4v) is 4.38. The van der Waals surface area contributed by atoms with E-state index >= 15 is 0 Å². The van der Waals surface area contributed by atoms with Crippen LogP contribution in [0.4, 0.5) is 5.82 Å². The molecule has 0 spiro atoms. The van der Waals surface area contributed by atoms with Crippen molar-refractivity contribution in [2.75, 3.05) is 12.4 Å². The first-order valence-electron chi connectivity index (χ1n) is 9.97. The highest BCUT2D eigenvalue weighted by Gasteiger charge is 2.25. The van der Waals surface area contributed by atoms with Gasteiger partial charge < -0.3 is 15.4 Å². The molecule has 0 radical (unpaired) electrons. The maximum absolute atomic E-state index is 12.8. The van der Waals surface area contributed by atoms with Crippen LogP contribution in [0.5, 0.6) is 5.75 Å². The lowest BCUT2D eigenvalue weighted by atomic mass is 10.1. The van der Waals surface area contributed by atoms with E-state index in [4.69, 9.17) is 4.74 Å². The van der Waals surface area contributed by atoms with E-state index in [-0.39, 0.29) is 18.4 Å². The van der Waals surface area contributed by atoms with E-state index in [1.165, 1.54) is 0 Å². The number of amides is 2. The van der Waals surface area contributed by atoms with Crippen molar-refractivity contribution in [3.05, 3.63) is 76.5 Å². The Bertz CT molecular complexity index is 1090. The second-order valence-electron chi connectivity index (χ2n) is 7.37. The first kappa shape index (κ1) is 21.0. The first-order valence-corrected chi connectivity index (χ1v) is 11.1. The molecule has 2 heterocycles. The van der Waals surface area contributed by atoms with Gasteiger partial charge in [0.15, 0.2) is 0 Å². The zero-order chi connectivity index (χ0) is 21.8. The minimum absolute atomic E-state index is 0.0390. The number of methoxy groups -OCH3 is 1. The fraction of sp³-hybridized carbons (Fsp3) is 0.261. The van der Waals surface area contributed by atoms with Gasteiger partial charge in [-0.05, 0) is 36.8 Å². The summed E-state index contributed by atoms with van der Waals surface area (Å²) < 4.78 is 6.75. The highest BCUT2D eigenvalue weighted by Crippen LogP contribution is 2.34. The third-order valence-electron chi connectivity index (χ3n) is 5.11. The zero-order valence-corrected chi connectivity index (χ0v) is 18.3. The summed E-state index contributed by atoms with van der Waals surface area (Å²) in [7, 11) is 1.62. The Balaban J connectivity index is 1.44. The molecule has 2 N–H and O–H groups in total. The summed E-state index contributed by atoms with van der Waals surface area (Å²) in [5.41, 5.74) is 4.55. The Morgan fingerprint density at radius 2 is 1.84 bits per heavy atom. The summed E-state index contributed by atoms with van der Waals surface area (Å²) in [6.45, 7) is 2.42. The molecule has 1 aliphatic rings. The molecule has 160 valence electrons. The molecular weight excluding hydrogens is 412 g/mol. The third kappa shape index (κ3) is 4.91. The van der Waals surface area contributed by atoms with Crippen molar-refractivity contribution in [2.45, 2.75) is 31.5 Å². The molecule has 0 bridgehead atoms. The van der Waals surface area contributed by atoms with E-state index in [0.29, 0.717) is 17.9 Å². The Morgan fingerprint density at radius 3 is 2.55 bits per heavy atom. The molecule has 0 atom stereocenters. The van der Waals surface area contributed by atoms with Crippen LogP contribution >= 0.6 is 11.8 Å². The van der Waals surface area contributed by atoms with Gasteiger partial charge in [0.05, 0.1) is 12.8 Å². The molecule has 2 aromatic carbocycles. The van der Waals surface area contributed by atoms with Gasteiger partial charge in [0.25, 0.3) is 5.91 Å². The van der Waals surface area contributed by atoms with Gasteiger partial charge in [-0.15, -0.1) is 0 Å². The van der Waals surface area contributed by atoms with Crippen molar-refractivity contribution in [2.24, 2.45) is 0 Å². The number of carbonyl (C=O) groups is 2. The van der Waals surface area contributed by atoms with Crippen molar-refractivity contribution < 1.29 is 14.3 Å². The Labute approximate surface area is 185 Å². The number of rotatable bonds is 7. The molecule has 0 aliphatic carbocycles. The summed E-state index contributed by atoms with van der Waals surface area (Å²) in [4.78, 5) is 25.3. The normalized spacial score (nSPS) is 12.3. The molecule has 0 saturated carbocycles. The minimum Gasteiger partial charge on any atom is -0.497 e. The smallest absolute Gasteiger partial charge is 0.256 e. The van der Waals surface area contributed by atoms with Crippen molar-refractivity contribution in [3.8, 4) is 5.75 Å². The van der Waals surface area contributed by atoms with E-state index < -0.39 is 0 Å². The van der Waals surface area contributed by atoms with Crippen LogP contribution in [-0.4, -0.2) is 28.7 Å². The Hall–Kier alpha value is -3.26. The summed E-state index contributed by atoms with van der Waals surface area (Å²) in [5, 5.41) is 10.5. The van der Waals surface area contributed by atoms with Gasteiger partial charge >= 0.3 is 0 Å². The molecule has 8 heteroatoms. The van der Waals surface area contributed by atoms with Gasteiger partial charge in [-0.2, -0.15) is 16.9 Å². The average Bonchev–Trinajstić information content (AvgIpc) is 3.35. The second-order valence-corrected chi connectivity index (χ2v) is 8.35. The molecular formula is C23H24N4O3S.